The molecule has 8 nitrogen and oxygen atoms in total. The number of hydrogen-bond donors (Lipinski definition) is 1. The van der Waals surface area contributed by atoms with E-state index in [4.69, 9.17) is 9.84 Å². The normalized spacial score (nSPS) is 15.7. The fraction of sp³-hybridized carbons (Fsp3) is 0.500. The fourth-order valence-corrected chi connectivity index (χ4v) is 4.26. The number of carbonyl (C=O) groups is 1. The van der Waals surface area contributed by atoms with E-state index in [1.807, 2.05) is 13.8 Å². The van der Waals surface area contributed by atoms with Crippen LogP contribution in [0.25, 0.3) is 0 Å². The molecule has 1 N–H and O–H groups in total. The molecule has 1 aliphatic rings. The lowest BCUT2D eigenvalue weighted by molar-refractivity contribution is -0.287. The number of aliphatic hydroxyl groups is 1. The van der Waals surface area contributed by atoms with Crippen LogP contribution in [0.1, 0.15) is 56.2 Å². The minimum absolute atomic E-state index is 0.0145. The number of fused-ring (bicyclic) bond motifs is 1. The van der Waals surface area contributed by atoms with Crippen molar-refractivity contribution in [3.63, 3.8) is 0 Å². The second-order valence-electron chi connectivity index (χ2n) is 7.84. The maximum absolute atomic E-state index is 14.0. The van der Waals surface area contributed by atoms with Gasteiger partial charge in [-0.25, -0.2) is 4.39 Å². The topological polar surface area (TPSA) is 103 Å². The maximum Gasteiger partial charge on any atom is 0.586 e. The summed E-state index contributed by atoms with van der Waals surface area (Å²) >= 11 is 0. The minimum Gasteiger partial charge on any atom is -0.438 e. The number of hydrogen-bond acceptors (Lipinski definition) is 7. The summed E-state index contributed by atoms with van der Waals surface area (Å²) in [6.07, 6.45) is -3.23. The molecule has 0 unspecified atom stereocenters. The Morgan fingerprint density at radius 2 is 1.97 bits per heavy atom. The van der Waals surface area contributed by atoms with Crippen LogP contribution in [-0.2, 0) is 32.6 Å². The molecule has 1 aromatic carbocycles. The van der Waals surface area contributed by atoms with E-state index in [0.29, 0.717) is 16.7 Å². The van der Waals surface area contributed by atoms with E-state index in [1.54, 1.807) is 13.8 Å². The predicted octanol–water partition coefficient (Wildman–Crippen LogP) is 3.86. The van der Waals surface area contributed by atoms with Gasteiger partial charge in [-0.2, -0.15) is 5.10 Å². The van der Waals surface area contributed by atoms with Crippen molar-refractivity contribution in [2.45, 2.75) is 63.8 Å². The maximum atomic E-state index is 14.0. The molecule has 12 heteroatoms. The number of alkyl halides is 2. The summed E-state index contributed by atoms with van der Waals surface area (Å²) < 4.78 is 67.7. The second-order valence-corrected chi connectivity index (χ2v) is 8.91. The number of halogens is 3. The monoisotopic (exact) mass is 474 g/mol. The Kier molecular flexibility index (Phi) is 6.84. The van der Waals surface area contributed by atoms with E-state index < -0.39 is 33.6 Å². The van der Waals surface area contributed by atoms with Gasteiger partial charge in [0.2, 0.25) is 5.91 Å². The van der Waals surface area contributed by atoms with Crippen LogP contribution in [0.4, 0.5) is 13.2 Å². The van der Waals surface area contributed by atoms with Gasteiger partial charge >= 0.3 is 6.29 Å². The van der Waals surface area contributed by atoms with Gasteiger partial charge in [0.15, 0.2) is 11.5 Å². The molecule has 1 aliphatic heterocycles. The molecule has 2 heterocycles. The van der Waals surface area contributed by atoms with Crippen LogP contribution in [-0.4, -0.2) is 33.7 Å². The summed E-state index contributed by atoms with van der Waals surface area (Å²) in [5.41, 5.74) is 1.38. The third-order valence-electron chi connectivity index (χ3n) is 4.77. The van der Waals surface area contributed by atoms with Gasteiger partial charge in [-0.15, -0.1) is 19.4 Å². The van der Waals surface area contributed by atoms with Gasteiger partial charge in [-0.05, 0) is 29.0 Å². The quantitative estimate of drug-likeness (QED) is 0.612. The molecule has 1 aromatic heterocycles. The number of rotatable bonds is 7. The van der Waals surface area contributed by atoms with Gasteiger partial charge in [0.25, 0.3) is 0 Å². The smallest absolute Gasteiger partial charge is 0.438 e. The van der Waals surface area contributed by atoms with Gasteiger partial charge in [0.1, 0.15) is 5.82 Å². The molecule has 0 atom stereocenters. The minimum atomic E-state index is -3.82. The summed E-state index contributed by atoms with van der Waals surface area (Å²) in [7, 11) is -2.42. The molecule has 2 aromatic rings. The molecule has 0 saturated heterocycles. The first kappa shape index (κ1) is 24.1. The van der Waals surface area contributed by atoms with E-state index in [-0.39, 0.29) is 42.9 Å². The standard InChI is InChI=1S/C20H23F3N3O5S/c1-10(2)12-7-15-18(31-20(22,23)30-15)17(11(3)4)13(12)8-16(28)25-32(29)19-14(21)9-26(24-19)5-6-27/h7,9-11,27H,5-6,8H2,1-4H3/q-1. The Labute approximate surface area is 184 Å². The number of ether oxygens (including phenoxy) is 2. The summed E-state index contributed by atoms with van der Waals surface area (Å²) in [4.78, 5) is 12.6. The molecule has 0 fully saturated rings. The van der Waals surface area contributed by atoms with Crippen LogP contribution in [0.15, 0.2) is 21.7 Å². The van der Waals surface area contributed by atoms with E-state index in [2.05, 4.69) is 14.2 Å². The Morgan fingerprint density at radius 1 is 1.28 bits per heavy atom. The number of nitrogens with zero attached hydrogens (tertiary/aromatic N) is 3. The average molecular weight is 474 g/mol. The largest absolute Gasteiger partial charge is 0.586 e. The van der Waals surface area contributed by atoms with E-state index in [9.17, 15) is 22.2 Å². The third-order valence-corrected chi connectivity index (χ3v) is 5.75. The van der Waals surface area contributed by atoms with Gasteiger partial charge in [0.05, 0.1) is 25.8 Å². The van der Waals surface area contributed by atoms with Crippen LogP contribution in [0.5, 0.6) is 11.5 Å². The first-order chi connectivity index (χ1) is 14.9. The van der Waals surface area contributed by atoms with E-state index in [1.165, 1.54) is 6.07 Å². The van der Waals surface area contributed by atoms with Crippen LogP contribution in [0.3, 0.4) is 0 Å². The molecule has 0 aliphatic carbocycles. The van der Waals surface area contributed by atoms with Crippen molar-refractivity contribution in [1.29, 1.82) is 0 Å². The van der Waals surface area contributed by atoms with Gasteiger partial charge < -0.3 is 23.2 Å². The predicted molar refractivity (Wildman–Crippen MR) is 108 cm³/mol. The number of aromatic nitrogens is 2. The van der Waals surface area contributed by atoms with Crippen molar-refractivity contribution in [3.8, 4) is 11.5 Å². The lowest BCUT2D eigenvalue weighted by atomic mass is 9.86. The summed E-state index contributed by atoms with van der Waals surface area (Å²) in [5, 5.41) is 12.1. The lowest BCUT2D eigenvalue weighted by Crippen LogP contribution is -2.26. The van der Waals surface area contributed by atoms with Crippen LogP contribution < -0.4 is 9.47 Å². The molecule has 0 bridgehead atoms. The highest BCUT2D eigenvalue weighted by molar-refractivity contribution is 7.75. The molecule has 1 amide bonds. The Hall–Kier alpha value is -2.60. The van der Waals surface area contributed by atoms with E-state index >= 15 is 0 Å². The number of carbonyl (C=O) groups excluding carboxylic acids is 1. The zero-order valence-electron chi connectivity index (χ0n) is 17.9. The average Bonchev–Trinajstić information content (AvgIpc) is 3.18. The first-order valence-corrected chi connectivity index (χ1v) is 11.0. The van der Waals surface area contributed by atoms with Crippen molar-refractivity contribution >= 4 is 16.5 Å². The zero-order chi connectivity index (χ0) is 23.8. The first-order valence-electron chi connectivity index (χ1n) is 9.89. The van der Waals surface area contributed by atoms with E-state index in [0.717, 1.165) is 10.9 Å². The Bertz CT molecular complexity index is 1120. The zero-order valence-corrected chi connectivity index (χ0v) is 18.7. The van der Waals surface area contributed by atoms with Crippen LogP contribution in [0, 0.1) is 5.82 Å². The van der Waals surface area contributed by atoms with Gasteiger partial charge in [-0.3, -0.25) is 9.48 Å². The summed E-state index contributed by atoms with van der Waals surface area (Å²) in [5.74, 6) is -2.49. The Balaban J connectivity index is 2.00. The van der Waals surface area contributed by atoms with Crippen LogP contribution >= 0.6 is 0 Å². The van der Waals surface area contributed by atoms with Crippen molar-refractivity contribution in [3.05, 3.63) is 34.8 Å². The number of aliphatic hydroxyl groups excluding tert-OH is 1. The molecule has 3 rings (SSSR count). The fourth-order valence-electron chi connectivity index (χ4n) is 3.52. The molecule has 0 spiro atoms. The highest BCUT2D eigenvalue weighted by Gasteiger charge is 2.46. The molecular formula is C20H23F3N3O5S-. The molecule has 0 radical (unpaired) electrons. The Morgan fingerprint density at radius 3 is 2.56 bits per heavy atom. The van der Waals surface area contributed by atoms with Gasteiger partial charge in [-0.1, -0.05) is 27.7 Å². The van der Waals surface area contributed by atoms with Crippen molar-refractivity contribution < 1.29 is 36.8 Å². The van der Waals surface area contributed by atoms with Crippen molar-refractivity contribution in [2.75, 3.05) is 6.61 Å². The van der Waals surface area contributed by atoms with Crippen molar-refractivity contribution in [2.24, 2.45) is 4.36 Å². The molecule has 176 valence electrons. The molecule has 32 heavy (non-hydrogen) atoms. The third kappa shape index (κ3) is 4.90. The lowest BCUT2D eigenvalue weighted by Gasteiger charge is -2.21. The highest BCUT2D eigenvalue weighted by atomic mass is 32.2. The molecular weight excluding hydrogens is 451 g/mol. The van der Waals surface area contributed by atoms with Gasteiger partial charge in [0, 0.05) is 10.6 Å². The number of amides is 1. The summed E-state index contributed by atoms with van der Waals surface area (Å²) in [6.45, 7) is 6.85. The molecule has 0 saturated carbocycles. The second kappa shape index (κ2) is 9.10. The number of benzene rings is 1. The van der Waals surface area contributed by atoms with Crippen molar-refractivity contribution in [1.82, 2.24) is 9.78 Å². The highest BCUT2D eigenvalue weighted by Crippen LogP contribution is 2.49. The van der Waals surface area contributed by atoms with Crippen LogP contribution in [0.2, 0.25) is 0 Å². The SMILES string of the molecule is CC(C)c1cc2c(c(C(C)C)c1CC(=O)N=[S-](=O)c1nn(CCO)cc1F)OC(F)(F)O2. The summed E-state index contributed by atoms with van der Waals surface area (Å²) in [6, 6.07) is 1.41.